The number of hydrogen-bond donors (Lipinski definition) is 2. The Balaban J connectivity index is 1.31. The van der Waals surface area contributed by atoms with Gasteiger partial charge < -0.3 is 48.4 Å². The molecule has 1 amide bonds. The third-order valence-corrected chi connectivity index (χ3v) is 13.1. The largest absolute Gasteiger partial charge is 0.489 e. The molecular formula is C50H61FN2O10. The lowest BCUT2D eigenvalue weighted by Gasteiger charge is -2.60. The maximum Gasteiger partial charge on any atom is 0.254 e. The van der Waals surface area contributed by atoms with Crippen LogP contribution in [0.3, 0.4) is 0 Å². The standard InChI is InChI=1S/C50H61FN2O10/c1-3-22-53(49(56)34-18-20-43-44(28-34)60-32-59-43)45-30-41(52-63-46-17-9-12-26-57-46)38-27-33(13-7-10-23-54)37(15-8-11-24-55)47-39-29-36(58-31-35-14-5-6-16-40(35)51)19-21-42(39)62-50(45,48(38)47)61-25-4-2/h4-6,14,16,18-21,27-29,33,37,45-48,54-55H,2-3,7-13,15,17,22-26,30-32H2,1H3/t33-,37+,45-,46?,47+,48+,50+/m0/s1. The van der Waals surface area contributed by atoms with Crippen molar-refractivity contribution in [2.75, 3.05) is 39.8 Å². The van der Waals surface area contributed by atoms with Gasteiger partial charge in [-0.1, -0.05) is 55.3 Å². The molecule has 13 heteroatoms. The van der Waals surface area contributed by atoms with Crippen molar-refractivity contribution >= 4 is 11.6 Å². The number of aliphatic hydroxyl groups is 2. The average Bonchev–Trinajstić information content (AvgIpc) is 3.79. The number of halogens is 1. The normalized spacial score (nSPS) is 26.2. The third-order valence-electron chi connectivity index (χ3n) is 13.1. The molecule has 2 aliphatic carbocycles. The van der Waals surface area contributed by atoms with Gasteiger partial charge in [-0.15, -0.1) is 6.58 Å². The summed E-state index contributed by atoms with van der Waals surface area (Å²) in [5.74, 6) is -0.422. The third kappa shape index (κ3) is 9.48. The van der Waals surface area contributed by atoms with E-state index in [1.165, 1.54) is 6.07 Å². The minimum absolute atomic E-state index is 0.0203. The van der Waals surface area contributed by atoms with Gasteiger partial charge in [0, 0.05) is 55.2 Å². The zero-order chi connectivity index (χ0) is 43.8. The van der Waals surface area contributed by atoms with E-state index < -0.39 is 24.0 Å². The van der Waals surface area contributed by atoms with Gasteiger partial charge in [0.2, 0.25) is 18.9 Å². The van der Waals surface area contributed by atoms with Crippen LogP contribution >= 0.6 is 0 Å². The lowest BCUT2D eigenvalue weighted by molar-refractivity contribution is -0.254. The number of carbonyl (C=O) groups excluding carboxylic acids is 1. The van der Waals surface area contributed by atoms with Crippen LogP contribution < -0.4 is 18.9 Å². The number of amides is 1. The highest BCUT2D eigenvalue weighted by atomic mass is 19.1. The van der Waals surface area contributed by atoms with Crippen molar-refractivity contribution in [1.82, 2.24) is 4.90 Å². The van der Waals surface area contributed by atoms with Crippen LogP contribution in [0.25, 0.3) is 0 Å². The number of carbonyl (C=O) groups is 1. The molecule has 5 aliphatic rings. The number of hydrogen-bond acceptors (Lipinski definition) is 11. The van der Waals surface area contributed by atoms with Gasteiger partial charge in [0.25, 0.3) is 5.91 Å². The number of benzene rings is 3. The lowest BCUT2D eigenvalue weighted by Crippen LogP contribution is -2.70. The first-order valence-electron chi connectivity index (χ1n) is 22.8. The lowest BCUT2D eigenvalue weighted by atomic mass is 9.55. The zero-order valence-corrected chi connectivity index (χ0v) is 36.3. The monoisotopic (exact) mass is 868 g/mol. The zero-order valence-electron chi connectivity index (χ0n) is 36.3. The first kappa shape index (κ1) is 44.6. The van der Waals surface area contributed by atoms with Gasteiger partial charge in [-0.3, -0.25) is 4.79 Å². The molecular weight excluding hydrogens is 808 g/mol. The number of nitrogens with zero attached hydrogens (tertiary/aromatic N) is 2. The molecule has 8 rings (SSSR count). The summed E-state index contributed by atoms with van der Waals surface area (Å²) in [5.41, 5.74) is 3.42. The Labute approximate surface area is 369 Å². The smallest absolute Gasteiger partial charge is 0.254 e. The maximum absolute atomic E-state index is 15.1. The molecule has 3 aromatic rings. The van der Waals surface area contributed by atoms with Crippen molar-refractivity contribution in [3.63, 3.8) is 0 Å². The fourth-order valence-corrected chi connectivity index (χ4v) is 10.3. The summed E-state index contributed by atoms with van der Waals surface area (Å²) in [6.07, 6.45) is 11.6. The number of ether oxygens (including phenoxy) is 6. The van der Waals surface area contributed by atoms with Crippen molar-refractivity contribution in [2.45, 2.75) is 108 Å². The molecule has 2 N–H and O–H groups in total. The highest BCUT2D eigenvalue weighted by Crippen LogP contribution is 2.62. The molecule has 0 bridgehead atoms. The molecule has 3 aliphatic heterocycles. The second kappa shape index (κ2) is 20.7. The summed E-state index contributed by atoms with van der Waals surface area (Å²) >= 11 is 0. The highest BCUT2D eigenvalue weighted by Gasteiger charge is 2.65. The summed E-state index contributed by atoms with van der Waals surface area (Å²) in [6.45, 7) is 7.49. The van der Waals surface area contributed by atoms with Crippen LogP contribution in [-0.4, -0.2) is 84.6 Å². The van der Waals surface area contributed by atoms with E-state index in [0.717, 1.165) is 49.7 Å². The Morgan fingerprint density at radius 1 is 1.00 bits per heavy atom. The highest BCUT2D eigenvalue weighted by molar-refractivity contribution is 6.03. The Bertz CT molecular complexity index is 2120. The Morgan fingerprint density at radius 2 is 1.81 bits per heavy atom. The number of oxime groups is 1. The predicted octanol–water partition coefficient (Wildman–Crippen LogP) is 8.85. The van der Waals surface area contributed by atoms with Crippen LogP contribution in [0.4, 0.5) is 4.39 Å². The summed E-state index contributed by atoms with van der Waals surface area (Å²) in [6, 6.07) is 16.9. The molecule has 338 valence electrons. The fraction of sp³-hybridized carbons (Fsp3) is 0.520. The molecule has 3 aromatic carbocycles. The summed E-state index contributed by atoms with van der Waals surface area (Å²) in [7, 11) is 0. The Morgan fingerprint density at radius 3 is 2.59 bits per heavy atom. The second-order valence-corrected chi connectivity index (χ2v) is 17.1. The van der Waals surface area contributed by atoms with Crippen LogP contribution in [0.2, 0.25) is 0 Å². The number of fused-ring (bicyclic) bond motifs is 3. The molecule has 0 spiro atoms. The van der Waals surface area contributed by atoms with E-state index in [1.807, 2.05) is 30.0 Å². The maximum atomic E-state index is 15.1. The van der Waals surface area contributed by atoms with E-state index in [-0.39, 0.29) is 69.1 Å². The number of rotatable bonds is 20. The van der Waals surface area contributed by atoms with Crippen molar-refractivity contribution in [2.24, 2.45) is 22.9 Å². The summed E-state index contributed by atoms with van der Waals surface area (Å²) < 4.78 is 53.0. The van der Waals surface area contributed by atoms with Gasteiger partial charge in [-0.05, 0) is 105 Å². The first-order valence-corrected chi connectivity index (χ1v) is 22.8. The van der Waals surface area contributed by atoms with E-state index in [1.54, 1.807) is 42.5 Å². The first-order chi connectivity index (χ1) is 30.9. The Hall–Kier alpha value is -4.95. The molecule has 7 atom stereocenters. The molecule has 1 saturated heterocycles. The quantitative estimate of drug-likeness (QED) is 0.0644. The van der Waals surface area contributed by atoms with Gasteiger partial charge in [0.1, 0.15) is 30.0 Å². The number of allylic oxidation sites excluding steroid dienone is 1. The van der Waals surface area contributed by atoms with E-state index in [0.29, 0.717) is 78.7 Å². The van der Waals surface area contributed by atoms with Gasteiger partial charge >= 0.3 is 0 Å². The van der Waals surface area contributed by atoms with Gasteiger partial charge in [0.05, 0.1) is 24.8 Å². The number of unbranched alkanes of at least 4 members (excludes halogenated alkanes) is 2. The molecule has 63 heavy (non-hydrogen) atoms. The molecule has 1 saturated carbocycles. The SMILES string of the molecule is C=CCO[C@@]12Oc3ccc(OCc4ccccc4F)cc3[C@H]3[C@H](CCCCO)[C@@H](CCCCO)C=C(C(=NOC4CCCCO4)C[C@@H]1N(CCC)C(=O)c1ccc4c(c1)OCO4)[C@H]32. The van der Waals surface area contributed by atoms with Crippen LogP contribution in [0, 0.1) is 23.6 Å². The van der Waals surface area contributed by atoms with E-state index in [9.17, 15) is 14.6 Å². The predicted molar refractivity (Wildman–Crippen MR) is 234 cm³/mol. The minimum atomic E-state index is -1.43. The van der Waals surface area contributed by atoms with Gasteiger partial charge in [-0.25, -0.2) is 4.39 Å². The molecule has 12 nitrogen and oxygen atoms in total. The van der Waals surface area contributed by atoms with Crippen LogP contribution in [0.1, 0.15) is 105 Å². The van der Waals surface area contributed by atoms with Crippen LogP contribution in [-0.2, 0) is 20.9 Å². The topological polar surface area (TPSA) is 138 Å². The second-order valence-electron chi connectivity index (χ2n) is 17.1. The Kier molecular flexibility index (Phi) is 14.7. The van der Waals surface area contributed by atoms with Gasteiger partial charge in [0.15, 0.2) is 11.5 Å². The molecule has 1 unspecified atom stereocenters. The fourth-order valence-electron chi connectivity index (χ4n) is 10.3. The van der Waals surface area contributed by atoms with Crippen molar-refractivity contribution in [3.8, 4) is 23.0 Å². The number of aliphatic hydroxyl groups excluding tert-OH is 2. The van der Waals surface area contributed by atoms with Crippen molar-refractivity contribution < 1.29 is 52.7 Å². The van der Waals surface area contributed by atoms with Gasteiger partial charge in [-0.2, -0.15) is 0 Å². The van der Waals surface area contributed by atoms with E-state index >= 15 is 4.79 Å². The minimum Gasteiger partial charge on any atom is -0.489 e. The molecule has 0 radical (unpaired) electrons. The molecule has 0 aromatic heterocycles. The van der Waals surface area contributed by atoms with Crippen LogP contribution in [0.5, 0.6) is 23.0 Å². The summed E-state index contributed by atoms with van der Waals surface area (Å²) in [4.78, 5) is 23.3. The summed E-state index contributed by atoms with van der Waals surface area (Å²) in [5, 5.41) is 24.9. The average molecular weight is 869 g/mol. The molecule has 2 fully saturated rings. The van der Waals surface area contributed by atoms with Crippen LogP contribution in [0.15, 0.2) is 90.1 Å². The van der Waals surface area contributed by atoms with Crippen molar-refractivity contribution in [3.05, 3.63) is 107 Å². The van der Waals surface area contributed by atoms with Crippen molar-refractivity contribution in [1.29, 1.82) is 0 Å². The van der Waals surface area contributed by atoms with E-state index in [4.69, 9.17) is 38.4 Å². The van der Waals surface area contributed by atoms with E-state index in [2.05, 4.69) is 12.7 Å². The molecule has 3 heterocycles.